The molecule has 0 unspecified atom stereocenters. The van der Waals surface area contributed by atoms with Gasteiger partial charge in [-0.1, -0.05) is 54.6 Å². The van der Waals surface area contributed by atoms with Crippen molar-refractivity contribution in [2.24, 2.45) is 0 Å². The molecule has 4 N–H and O–H groups in total. The molecule has 0 aliphatic rings. The number of benzene rings is 3. The first-order valence-corrected chi connectivity index (χ1v) is 11.3. The maximum atomic E-state index is 12.9. The van der Waals surface area contributed by atoms with Gasteiger partial charge in [-0.15, -0.1) is 0 Å². The molecule has 10 heteroatoms. The van der Waals surface area contributed by atoms with Crippen molar-refractivity contribution in [2.75, 3.05) is 13.2 Å². The normalized spacial score (nSPS) is 12.3. The third-order valence-electron chi connectivity index (χ3n) is 4.92. The van der Waals surface area contributed by atoms with E-state index in [9.17, 15) is 19.5 Å². The first kappa shape index (κ1) is 26.9. The molecule has 3 amide bonds. The third-order valence-corrected chi connectivity index (χ3v) is 4.92. The van der Waals surface area contributed by atoms with Crippen molar-refractivity contribution in [3.8, 4) is 11.5 Å². The predicted octanol–water partition coefficient (Wildman–Crippen LogP) is 3.17. The number of hydrogen-bond acceptors (Lipinski definition) is 8. The van der Waals surface area contributed by atoms with Crippen LogP contribution in [0.3, 0.4) is 0 Å². The van der Waals surface area contributed by atoms with Gasteiger partial charge in [0.05, 0.1) is 6.61 Å². The summed E-state index contributed by atoms with van der Waals surface area (Å²) in [7, 11) is 0. The van der Waals surface area contributed by atoms with Crippen molar-refractivity contribution in [3.05, 3.63) is 108 Å². The van der Waals surface area contributed by atoms with Gasteiger partial charge in [0.1, 0.15) is 18.1 Å². The van der Waals surface area contributed by atoms with Gasteiger partial charge >= 0.3 is 6.09 Å². The third kappa shape index (κ3) is 8.20. The average Bonchev–Trinajstić information content (AvgIpc) is 2.94. The second-order valence-electron chi connectivity index (χ2n) is 7.49. The summed E-state index contributed by atoms with van der Waals surface area (Å²) in [6, 6.07) is 23.3. The van der Waals surface area contributed by atoms with Crippen LogP contribution in [-0.2, 0) is 9.53 Å². The predicted molar refractivity (Wildman–Crippen MR) is 132 cm³/mol. The lowest BCUT2D eigenvalue weighted by Crippen LogP contribution is -2.36. The number of nitrogens with one attached hydrogen (secondary N) is 2. The second kappa shape index (κ2) is 14.0. The van der Waals surface area contributed by atoms with Gasteiger partial charge in [-0.3, -0.25) is 20.1 Å². The van der Waals surface area contributed by atoms with E-state index < -0.39 is 30.1 Å². The highest BCUT2D eigenvalue weighted by molar-refractivity contribution is 6.02. The van der Waals surface area contributed by atoms with Crippen LogP contribution < -0.4 is 20.3 Å². The van der Waals surface area contributed by atoms with E-state index in [1.54, 1.807) is 72.8 Å². The maximum absolute atomic E-state index is 12.9. The highest BCUT2D eigenvalue weighted by Crippen LogP contribution is 2.33. The van der Waals surface area contributed by atoms with E-state index in [2.05, 4.69) is 5.32 Å². The van der Waals surface area contributed by atoms with Crippen molar-refractivity contribution in [1.29, 1.82) is 0 Å². The Bertz CT molecular complexity index is 1200. The molecule has 10 nitrogen and oxygen atoms in total. The Hall–Kier alpha value is -4.67. The number of carbonyl (C=O) groups excluding carboxylic acids is 3. The Labute approximate surface area is 213 Å². The van der Waals surface area contributed by atoms with Crippen molar-refractivity contribution in [1.82, 2.24) is 10.8 Å². The summed E-state index contributed by atoms with van der Waals surface area (Å²) in [5, 5.41) is 20.3. The molecule has 0 aliphatic heterocycles. The molecular formula is C27H26N2O8. The van der Waals surface area contributed by atoms with E-state index in [0.29, 0.717) is 11.3 Å². The number of carbonyl (C=O) groups is 3. The molecule has 0 heterocycles. The number of aliphatic hydroxyl groups excluding tert-OH is 1. The molecular weight excluding hydrogens is 480 g/mol. The molecule has 3 aromatic rings. The molecule has 0 spiro atoms. The van der Waals surface area contributed by atoms with Crippen LogP contribution in [0.1, 0.15) is 22.0 Å². The van der Waals surface area contributed by atoms with E-state index in [-0.39, 0.29) is 24.5 Å². The van der Waals surface area contributed by atoms with Crippen LogP contribution in [0.4, 0.5) is 4.79 Å². The molecule has 2 atom stereocenters. The van der Waals surface area contributed by atoms with Gasteiger partial charge in [-0.25, -0.2) is 10.3 Å². The lowest BCUT2D eigenvalue weighted by molar-refractivity contribution is -0.124. The molecule has 37 heavy (non-hydrogen) atoms. The number of para-hydroxylation sites is 2. The quantitative estimate of drug-likeness (QED) is 0.176. The standard InChI is InChI=1S/C27H26N2O8/c30-17-18-35-22-14-8-7-13-21(22)25(37-27(33)28-26(32)19-9-3-1-4-10-19)23(15-16-24(31)29-34)36-20-11-5-2-6-12-20/h1-16,23,25,30,34H,17-18H2,(H,29,31)(H,28,32,33)/b16-15+/t23-,25-/m0/s1. The fraction of sp³-hybridized carbons (Fsp3) is 0.148. The minimum Gasteiger partial charge on any atom is -0.491 e. The summed E-state index contributed by atoms with van der Waals surface area (Å²) in [6.07, 6.45) is -1.12. The Kier molecular flexibility index (Phi) is 10.2. The fourth-order valence-electron chi connectivity index (χ4n) is 3.29. The molecule has 0 aliphatic carbocycles. The highest BCUT2D eigenvalue weighted by atomic mass is 16.6. The Balaban J connectivity index is 1.97. The molecule has 0 saturated heterocycles. The van der Waals surface area contributed by atoms with Crippen molar-refractivity contribution >= 4 is 17.9 Å². The zero-order valence-electron chi connectivity index (χ0n) is 19.7. The lowest BCUT2D eigenvalue weighted by Gasteiger charge is -2.27. The van der Waals surface area contributed by atoms with Crippen LogP contribution in [0.5, 0.6) is 11.5 Å². The summed E-state index contributed by atoms with van der Waals surface area (Å²) in [5.41, 5.74) is 2.08. The first-order chi connectivity index (χ1) is 18.0. The first-order valence-electron chi connectivity index (χ1n) is 11.3. The molecule has 0 radical (unpaired) electrons. The zero-order valence-corrected chi connectivity index (χ0v) is 19.7. The highest BCUT2D eigenvalue weighted by Gasteiger charge is 2.31. The molecule has 3 aromatic carbocycles. The van der Waals surface area contributed by atoms with Crippen molar-refractivity contribution in [3.63, 3.8) is 0 Å². The minimum atomic E-state index is -1.23. The van der Waals surface area contributed by atoms with Crippen LogP contribution in [0, 0.1) is 0 Å². The Morgan fingerprint density at radius 1 is 0.892 bits per heavy atom. The number of alkyl carbamates (subject to hydrolysis) is 1. The molecule has 192 valence electrons. The zero-order chi connectivity index (χ0) is 26.5. The van der Waals surface area contributed by atoms with Gasteiger partial charge in [-0.05, 0) is 36.4 Å². The largest absolute Gasteiger partial charge is 0.491 e. The van der Waals surface area contributed by atoms with Crippen LogP contribution in [0.2, 0.25) is 0 Å². The summed E-state index contributed by atoms with van der Waals surface area (Å²) in [5.74, 6) is -0.839. The van der Waals surface area contributed by atoms with Gasteiger partial charge in [0.2, 0.25) is 0 Å². The minimum absolute atomic E-state index is 0.0324. The van der Waals surface area contributed by atoms with Crippen LogP contribution >= 0.6 is 0 Å². The number of hydrogen-bond donors (Lipinski definition) is 4. The topological polar surface area (TPSA) is 143 Å². The van der Waals surface area contributed by atoms with E-state index in [1.165, 1.54) is 23.7 Å². The van der Waals surface area contributed by atoms with Gasteiger partial charge in [0.15, 0.2) is 12.2 Å². The molecule has 0 aromatic heterocycles. The number of ether oxygens (including phenoxy) is 3. The smallest absolute Gasteiger partial charge is 0.414 e. The number of aliphatic hydroxyl groups is 1. The average molecular weight is 507 g/mol. The molecule has 3 rings (SSSR count). The number of imide groups is 1. The van der Waals surface area contributed by atoms with Gasteiger partial charge in [-0.2, -0.15) is 0 Å². The Morgan fingerprint density at radius 3 is 2.22 bits per heavy atom. The summed E-state index contributed by atoms with van der Waals surface area (Å²) < 4.78 is 17.3. The second-order valence-corrected chi connectivity index (χ2v) is 7.49. The number of amides is 3. The fourth-order valence-corrected chi connectivity index (χ4v) is 3.29. The summed E-state index contributed by atoms with van der Waals surface area (Å²) in [6.45, 7) is -0.290. The van der Waals surface area contributed by atoms with Crippen LogP contribution in [0.25, 0.3) is 0 Å². The maximum Gasteiger partial charge on any atom is 0.414 e. The van der Waals surface area contributed by atoms with Gasteiger partial charge < -0.3 is 19.3 Å². The van der Waals surface area contributed by atoms with Crippen LogP contribution in [-0.4, -0.2) is 47.5 Å². The van der Waals surface area contributed by atoms with Gasteiger partial charge in [0, 0.05) is 17.2 Å². The van der Waals surface area contributed by atoms with E-state index in [4.69, 9.17) is 19.4 Å². The van der Waals surface area contributed by atoms with Crippen molar-refractivity contribution in [2.45, 2.75) is 12.2 Å². The van der Waals surface area contributed by atoms with E-state index in [0.717, 1.165) is 6.08 Å². The lowest BCUT2D eigenvalue weighted by atomic mass is 10.0. The van der Waals surface area contributed by atoms with Crippen molar-refractivity contribution < 1.29 is 38.9 Å². The molecule has 0 saturated carbocycles. The van der Waals surface area contributed by atoms with E-state index >= 15 is 0 Å². The summed E-state index contributed by atoms with van der Waals surface area (Å²) in [4.78, 5) is 37.1. The summed E-state index contributed by atoms with van der Waals surface area (Å²) >= 11 is 0. The SMILES string of the molecule is O=C(/C=C/[C@H](Oc1ccccc1)[C@@H](OC(=O)NC(=O)c1ccccc1)c1ccccc1OCCO)NO. The number of rotatable bonds is 11. The monoisotopic (exact) mass is 506 g/mol. The Morgan fingerprint density at radius 2 is 1.54 bits per heavy atom. The molecule has 0 bridgehead atoms. The van der Waals surface area contributed by atoms with Crippen LogP contribution in [0.15, 0.2) is 97.1 Å². The van der Waals surface area contributed by atoms with Gasteiger partial charge in [0.25, 0.3) is 11.8 Å². The number of hydroxylamine groups is 1. The molecule has 0 fully saturated rings. The van der Waals surface area contributed by atoms with E-state index in [1.807, 2.05) is 0 Å².